The van der Waals surface area contributed by atoms with Crippen LogP contribution in [-0.2, 0) is 0 Å². The third kappa shape index (κ3) is 3.68. The highest BCUT2D eigenvalue weighted by atomic mass is 31.3. The van der Waals surface area contributed by atoms with Crippen molar-refractivity contribution in [3.8, 4) is 0 Å². The van der Waals surface area contributed by atoms with Gasteiger partial charge in [-0.15, -0.1) is 8.13 Å². The second-order valence-corrected chi connectivity index (χ2v) is 14.6. The van der Waals surface area contributed by atoms with Gasteiger partial charge in [-0.3, -0.25) is 0 Å². The zero-order valence-electron chi connectivity index (χ0n) is 18.1. The van der Waals surface area contributed by atoms with Crippen LogP contribution in [0.4, 0.5) is 0 Å². The van der Waals surface area contributed by atoms with Crippen molar-refractivity contribution in [3.05, 3.63) is 91.0 Å². The average molecular weight is 444 g/mol. The molecule has 0 heterocycles. The van der Waals surface area contributed by atoms with Gasteiger partial charge in [0.15, 0.2) is 8.07 Å². The van der Waals surface area contributed by atoms with Gasteiger partial charge in [0, 0.05) is 0 Å². The number of benzene rings is 3. The first kappa shape index (κ1) is 21.7. The fraction of sp³-hybridized carbons (Fsp3) is 0.333. The molecule has 0 saturated heterocycles. The lowest BCUT2D eigenvalue weighted by Crippen LogP contribution is -2.70. The molecule has 1 aliphatic carbocycles. The van der Waals surface area contributed by atoms with Gasteiger partial charge in [0.25, 0.3) is 0 Å². The van der Waals surface area contributed by atoms with Gasteiger partial charge in [-0.1, -0.05) is 118 Å². The maximum atomic E-state index is 3.98. The molecule has 3 aromatic rings. The van der Waals surface area contributed by atoms with Gasteiger partial charge >= 0.3 is 0 Å². The zero-order chi connectivity index (χ0) is 21.0. The Labute approximate surface area is 188 Å². The summed E-state index contributed by atoms with van der Waals surface area (Å²) in [5, 5.41) is 4.70. The fourth-order valence-corrected chi connectivity index (χ4v) is 14.8. The molecule has 0 nitrogen and oxygen atoms in total. The lowest BCUT2D eigenvalue weighted by Gasteiger charge is -2.42. The van der Waals surface area contributed by atoms with Crippen LogP contribution in [0.25, 0.3) is 0 Å². The number of hydrogen-bond donors (Lipinski definition) is 0. The van der Waals surface area contributed by atoms with Crippen LogP contribution in [0.1, 0.15) is 33.1 Å². The van der Waals surface area contributed by atoms with Crippen LogP contribution in [0.5, 0.6) is 0 Å². The number of rotatable bonds is 7. The molecular weight excluding hydrogens is 411 g/mol. The topological polar surface area (TPSA) is 0 Å². The van der Waals surface area contributed by atoms with Crippen molar-refractivity contribution in [2.24, 2.45) is 11.8 Å². The van der Waals surface area contributed by atoms with Crippen LogP contribution in [0, 0.1) is 11.8 Å². The van der Waals surface area contributed by atoms with E-state index >= 15 is 0 Å². The summed E-state index contributed by atoms with van der Waals surface area (Å²) in [6, 6.07) is 34.5. The predicted molar refractivity (Wildman–Crippen MR) is 138 cm³/mol. The quantitative estimate of drug-likeness (QED) is 0.270. The minimum Gasteiger partial charge on any atom is -0.137 e. The standard InChI is InChI=1S/C27H32PSi2/c1-3-24-25(4-2)27(20-26(24)28-29)30(21-14-8-5-9-15-21,22-16-10-6-11-17-22)23-18-12-7-13-19-23/h5-19,24-28H,3-4,20H2,1-2H3. The second kappa shape index (κ2) is 9.77. The molecule has 3 aromatic carbocycles. The summed E-state index contributed by atoms with van der Waals surface area (Å²) in [7, 11) is 2.62. The molecule has 5 unspecified atom stereocenters. The van der Waals surface area contributed by atoms with E-state index in [1.807, 2.05) is 0 Å². The van der Waals surface area contributed by atoms with Crippen LogP contribution in [0.3, 0.4) is 0 Å². The van der Waals surface area contributed by atoms with E-state index in [0.29, 0.717) is 5.54 Å². The fourth-order valence-electron chi connectivity index (χ4n) is 6.30. The highest BCUT2D eigenvalue weighted by Crippen LogP contribution is 2.54. The van der Waals surface area contributed by atoms with Crippen molar-refractivity contribution in [3.63, 3.8) is 0 Å². The highest BCUT2D eigenvalue weighted by Gasteiger charge is 2.54. The second-order valence-electron chi connectivity index (χ2n) is 8.64. The molecule has 153 valence electrons. The van der Waals surface area contributed by atoms with E-state index in [1.54, 1.807) is 15.6 Å². The van der Waals surface area contributed by atoms with Crippen LogP contribution in [0.15, 0.2) is 91.0 Å². The van der Waals surface area contributed by atoms with Crippen LogP contribution in [-0.4, -0.2) is 23.6 Å². The minimum atomic E-state index is -2.21. The maximum absolute atomic E-state index is 3.98. The monoisotopic (exact) mass is 443 g/mol. The van der Waals surface area contributed by atoms with Crippen molar-refractivity contribution >= 4 is 41.7 Å². The van der Waals surface area contributed by atoms with Crippen molar-refractivity contribution < 1.29 is 0 Å². The van der Waals surface area contributed by atoms with Crippen molar-refractivity contribution in [1.82, 2.24) is 0 Å². The molecule has 3 radical (unpaired) electrons. The normalized spacial score (nSPS) is 24.5. The Morgan fingerprint density at radius 3 is 1.43 bits per heavy atom. The minimum absolute atomic E-state index is 0.716. The van der Waals surface area contributed by atoms with E-state index < -0.39 is 8.07 Å². The predicted octanol–water partition coefficient (Wildman–Crippen LogP) is 5.11. The smallest absolute Gasteiger partial charge is 0.137 e. The van der Waals surface area contributed by atoms with E-state index in [4.69, 9.17) is 0 Å². The molecule has 0 aromatic heterocycles. The van der Waals surface area contributed by atoms with Gasteiger partial charge in [0.1, 0.15) is 0 Å². The molecule has 1 saturated carbocycles. The first-order chi connectivity index (χ1) is 14.8. The van der Waals surface area contributed by atoms with Crippen LogP contribution in [0.2, 0.25) is 5.54 Å². The average Bonchev–Trinajstić information content (AvgIpc) is 3.20. The molecular formula is C27H32PSi2. The first-order valence-corrected chi connectivity index (χ1v) is 16.0. The summed E-state index contributed by atoms with van der Waals surface area (Å²) in [5.41, 5.74) is 1.51. The maximum Gasteiger partial charge on any atom is 0.151 e. The van der Waals surface area contributed by atoms with E-state index in [9.17, 15) is 0 Å². The largest absolute Gasteiger partial charge is 0.151 e. The molecule has 0 spiro atoms. The van der Waals surface area contributed by atoms with E-state index in [2.05, 4.69) is 115 Å². The van der Waals surface area contributed by atoms with Crippen LogP contribution < -0.4 is 15.6 Å². The van der Waals surface area contributed by atoms with Gasteiger partial charge in [0.05, 0.1) is 9.91 Å². The molecule has 5 atom stereocenters. The molecule has 3 heteroatoms. The highest BCUT2D eigenvalue weighted by molar-refractivity contribution is 7.67. The van der Waals surface area contributed by atoms with Gasteiger partial charge in [-0.2, -0.15) is 0 Å². The van der Waals surface area contributed by atoms with Crippen molar-refractivity contribution in [1.29, 1.82) is 0 Å². The lowest BCUT2D eigenvalue weighted by molar-refractivity contribution is 0.369. The number of hydrogen-bond acceptors (Lipinski definition) is 0. The molecule has 0 aliphatic heterocycles. The van der Waals surface area contributed by atoms with Gasteiger partial charge in [-0.25, -0.2) is 0 Å². The van der Waals surface area contributed by atoms with Gasteiger partial charge < -0.3 is 0 Å². The summed E-state index contributed by atoms with van der Waals surface area (Å²) in [6.45, 7) is 4.84. The molecule has 0 N–H and O–H groups in total. The summed E-state index contributed by atoms with van der Waals surface area (Å²) < 4.78 is 0. The van der Waals surface area contributed by atoms with Crippen LogP contribution >= 0.6 is 8.13 Å². The molecule has 1 aliphatic rings. The summed E-state index contributed by atoms with van der Waals surface area (Å²) >= 11 is 0. The molecule has 0 amide bonds. The van der Waals surface area contributed by atoms with Crippen molar-refractivity contribution in [2.45, 2.75) is 44.3 Å². The SMILES string of the molecule is CCC1C(P[Si])CC([Si](c2ccccc2)(c2ccccc2)c2ccccc2)C1CC. The molecule has 30 heavy (non-hydrogen) atoms. The Morgan fingerprint density at radius 1 is 0.700 bits per heavy atom. The van der Waals surface area contributed by atoms with Gasteiger partial charge in [0.2, 0.25) is 0 Å². The summed E-state index contributed by atoms with van der Waals surface area (Å²) in [5.74, 6) is 1.59. The van der Waals surface area contributed by atoms with E-state index in [-0.39, 0.29) is 0 Å². The van der Waals surface area contributed by atoms with E-state index in [0.717, 1.165) is 25.6 Å². The Kier molecular flexibility index (Phi) is 7.08. The van der Waals surface area contributed by atoms with Gasteiger partial charge in [-0.05, 0) is 45.0 Å². The zero-order valence-corrected chi connectivity index (χ0v) is 21.1. The first-order valence-electron chi connectivity index (χ1n) is 11.4. The Balaban J connectivity index is 2.03. The molecule has 4 rings (SSSR count). The summed E-state index contributed by atoms with van der Waals surface area (Å²) in [4.78, 5) is 0. The molecule has 1 fully saturated rings. The summed E-state index contributed by atoms with van der Waals surface area (Å²) in [6.07, 6.45) is 3.90. The third-order valence-electron chi connectivity index (χ3n) is 7.46. The van der Waals surface area contributed by atoms with E-state index in [1.165, 1.54) is 19.3 Å². The lowest BCUT2D eigenvalue weighted by atomic mass is 9.91. The Hall–Kier alpha value is -1.48. The molecule has 0 bridgehead atoms. The third-order valence-corrected chi connectivity index (χ3v) is 15.1. The van der Waals surface area contributed by atoms with Crippen molar-refractivity contribution in [2.75, 3.05) is 0 Å². The Bertz CT molecular complexity index is 817. The Morgan fingerprint density at radius 2 is 1.10 bits per heavy atom.